The fourth-order valence-electron chi connectivity index (χ4n) is 2.89. The molecule has 1 aromatic rings. The summed E-state index contributed by atoms with van der Waals surface area (Å²) in [4.78, 5) is 0. The quantitative estimate of drug-likeness (QED) is 0.598. The van der Waals surface area contributed by atoms with Crippen LogP contribution in [0.25, 0.3) is 0 Å². The molecule has 0 aromatic heterocycles. The van der Waals surface area contributed by atoms with E-state index in [1.807, 2.05) is 0 Å². The van der Waals surface area contributed by atoms with Gasteiger partial charge < -0.3 is 0 Å². The third kappa shape index (κ3) is 2.93. The van der Waals surface area contributed by atoms with Crippen molar-refractivity contribution < 1.29 is 17.6 Å². The molecule has 1 saturated carbocycles. The summed E-state index contributed by atoms with van der Waals surface area (Å²) in [6.07, 6.45) is -1.36. The minimum atomic E-state index is -4.62. The van der Waals surface area contributed by atoms with Gasteiger partial charge in [-0.2, -0.15) is 13.2 Å². The maximum Gasteiger partial charge on any atom is 0.419 e. The molecule has 0 spiro atoms. The Kier molecular flexibility index (Phi) is 3.88. The van der Waals surface area contributed by atoms with E-state index in [1.165, 1.54) is 19.1 Å². The van der Waals surface area contributed by atoms with E-state index >= 15 is 0 Å². The lowest BCUT2D eigenvalue weighted by Gasteiger charge is -2.29. The molecule has 1 aliphatic carbocycles. The molecule has 0 nitrogen and oxygen atoms in total. The highest BCUT2D eigenvalue weighted by Crippen LogP contribution is 2.43. The molecule has 1 fully saturated rings. The second-order valence-corrected chi connectivity index (χ2v) is 5.62. The predicted octanol–water partition coefficient (Wildman–Crippen LogP) is 5.45. The molecule has 106 valence electrons. The Labute approximate surface area is 110 Å². The fraction of sp³-hybridized carbons (Fsp3) is 0.600. The fourth-order valence-corrected chi connectivity index (χ4v) is 2.89. The molecule has 0 heterocycles. The van der Waals surface area contributed by atoms with Crippen molar-refractivity contribution in [3.63, 3.8) is 0 Å². The largest absolute Gasteiger partial charge is 0.419 e. The van der Waals surface area contributed by atoms with Crippen LogP contribution in [0.1, 0.15) is 55.2 Å². The van der Waals surface area contributed by atoms with Crippen LogP contribution in [0.3, 0.4) is 0 Å². The van der Waals surface area contributed by atoms with Gasteiger partial charge in [-0.25, -0.2) is 4.39 Å². The first-order valence-corrected chi connectivity index (χ1v) is 6.67. The van der Waals surface area contributed by atoms with Gasteiger partial charge in [0, 0.05) is 0 Å². The van der Waals surface area contributed by atoms with Crippen LogP contribution in [-0.4, -0.2) is 0 Å². The molecule has 0 bridgehead atoms. The van der Waals surface area contributed by atoms with Crippen LogP contribution in [-0.2, 0) is 6.18 Å². The highest BCUT2D eigenvalue weighted by Gasteiger charge is 2.39. The van der Waals surface area contributed by atoms with E-state index in [4.69, 9.17) is 0 Å². The van der Waals surface area contributed by atoms with Gasteiger partial charge in [-0.15, -0.1) is 0 Å². The molecule has 0 amide bonds. The number of hydrogen-bond donors (Lipinski definition) is 0. The van der Waals surface area contributed by atoms with Crippen molar-refractivity contribution in [2.75, 3.05) is 0 Å². The average molecular weight is 274 g/mol. The van der Waals surface area contributed by atoms with E-state index in [1.54, 1.807) is 0 Å². The van der Waals surface area contributed by atoms with Crippen LogP contribution in [0.15, 0.2) is 12.1 Å². The van der Waals surface area contributed by atoms with Gasteiger partial charge in [0.25, 0.3) is 0 Å². The van der Waals surface area contributed by atoms with Crippen molar-refractivity contribution in [3.8, 4) is 0 Å². The number of hydrogen-bond acceptors (Lipinski definition) is 0. The third-order valence-corrected chi connectivity index (χ3v) is 4.11. The summed E-state index contributed by atoms with van der Waals surface area (Å²) in [5.41, 5.74) is -0.852. The van der Waals surface area contributed by atoms with Gasteiger partial charge >= 0.3 is 6.18 Å². The molecule has 0 unspecified atom stereocenters. The molecule has 2 rings (SSSR count). The Morgan fingerprint density at radius 1 is 1.05 bits per heavy atom. The summed E-state index contributed by atoms with van der Waals surface area (Å²) < 4.78 is 53.1. The van der Waals surface area contributed by atoms with Gasteiger partial charge in [-0.3, -0.25) is 0 Å². The molecule has 1 aliphatic rings. The van der Waals surface area contributed by atoms with Crippen LogP contribution in [0.2, 0.25) is 0 Å². The smallest absolute Gasteiger partial charge is 0.206 e. The van der Waals surface area contributed by atoms with Crippen molar-refractivity contribution in [2.45, 2.75) is 51.6 Å². The predicted molar refractivity (Wildman–Crippen MR) is 66.5 cm³/mol. The lowest BCUT2D eigenvalue weighted by atomic mass is 9.77. The number of aryl methyl sites for hydroxylation is 1. The van der Waals surface area contributed by atoms with E-state index in [-0.39, 0.29) is 17.0 Å². The van der Waals surface area contributed by atoms with E-state index < -0.39 is 17.6 Å². The third-order valence-electron chi connectivity index (χ3n) is 4.11. The normalized spacial score (nSPS) is 24.5. The average Bonchev–Trinajstić information content (AvgIpc) is 2.32. The Balaban J connectivity index is 2.43. The summed E-state index contributed by atoms with van der Waals surface area (Å²) in [5.74, 6) is -0.715. The molecule has 0 radical (unpaired) electrons. The molecule has 0 N–H and O–H groups in total. The summed E-state index contributed by atoms with van der Waals surface area (Å²) in [6.45, 7) is 3.48. The molecule has 0 atom stereocenters. The summed E-state index contributed by atoms with van der Waals surface area (Å²) in [5, 5.41) is 0. The second-order valence-electron chi connectivity index (χ2n) is 5.62. The summed E-state index contributed by atoms with van der Waals surface area (Å²) in [6, 6.07) is 2.92. The molecule has 19 heavy (non-hydrogen) atoms. The van der Waals surface area contributed by atoms with E-state index in [0.717, 1.165) is 12.8 Å². The van der Waals surface area contributed by atoms with Crippen molar-refractivity contribution in [1.82, 2.24) is 0 Å². The zero-order valence-corrected chi connectivity index (χ0v) is 11.1. The van der Waals surface area contributed by atoms with Crippen LogP contribution in [0, 0.1) is 18.7 Å². The summed E-state index contributed by atoms with van der Waals surface area (Å²) >= 11 is 0. The second kappa shape index (κ2) is 5.14. The van der Waals surface area contributed by atoms with Crippen molar-refractivity contribution in [1.29, 1.82) is 0 Å². The first-order valence-electron chi connectivity index (χ1n) is 6.67. The Hall–Kier alpha value is -1.06. The highest BCUT2D eigenvalue weighted by molar-refractivity contribution is 5.38. The minimum absolute atomic E-state index is 0.0558. The molecular formula is C15H18F4. The van der Waals surface area contributed by atoms with Crippen LogP contribution in [0.4, 0.5) is 17.6 Å². The Morgan fingerprint density at radius 2 is 1.63 bits per heavy atom. The topological polar surface area (TPSA) is 0 Å². The van der Waals surface area contributed by atoms with Crippen LogP contribution >= 0.6 is 0 Å². The van der Waals surface area contributed by atoms with Gasteiger partial charge in [0.15, 0.2) is 0 Å². The minimum Gasteiger partial charge on any atom is -0.206 e. The molecule has 0 aliphatic heterocycles. The van der Waals surface area contributed by atoms with E-state index in [9.17, 15) is 17.6 Å². The molecule has 4 heteroatoms. The van der Waals surface area contributed by atoms with Crippen molar-refractivity contribution in [3.05, 3.63) is 34.6 Å². The molecule has 0 saturated heterocycles. The Bertz CT molecular complexity index is 454. The zero-order chi connectivity index (χ0) is 14.2. The zero-order valence-electron chi connectivity index (χ0n) is 11.1. The first-order chi connectivity index (χ1) is 8.80. The lowest BCUT2D eigenvalue weighted by molar-refractivity contribution is -0.141. The number of halogens is 4. The highest BCUT2D eigenvalue weighted by atomic mass is 19.4. The van der Waals surface area contributed by atoms with Gasteiger partial charge in [0.1, 0.15) is 5.82 Å². The van der Waals surface area contributed by atoms with Gasteiger partial charge in [-0.1, -0.05) is 31.9 Å². The maximum absolute atomic E-state index is 13.9. The number of alkyl halides is 3. The SMILES string of the molecule is Cc1ccc(C2CCC(C)CC2)c(C(F)(F)F)c1F. The van der Waals surface area contributed by atoms with Crippen molar-refractivity contribution >= 4 is 0 Å². The number of benzene rings is 1. The summed E-state index contributed by atoms with van der Waals surface area (Å²) in [7, 11) is 0. The maximum atomic E-state index is 13.9. The molecular weight excluding hydrogens is 256 g/mol. The standard InChI is InChI=1S/C15H18F4/c1-9-3-6-11(7-4-9)12-8-5-10(2)14(16)13(12)15(17,18)19/h5,8-9,11H,3-4,6-7H2,1-2H3. The van der Waals surface area contributed by atoms with Crippen LogP contribution in [0.5, 0.6) is 0 Å². The van der Waals surface area contributed by atoms with E-state index in [0.29, 0.717) is 18.8 Å². The first kappa shape index (κ1) is 14.4. The molecule has 1 aromatic carbocycles. The Morgan fingerprint density at radius 3 is 2.16 bits per heavy atom. The van der Waals surface area contributed by atoms with Gasteiger partial charge in [0.2, 0.25) is 0 Å². The number of rotatable bonds is 1. The van der Waals surface area contributed by atoms with Crippen molar-refractivity contribution in [2.24, 2.45) is 5.92 Å². The van der Waals surface area contributed by atoms with Gasteiger partial charge in [-0.05, 0) is 42.7 Å². The van der Waals surface area contributed by atoms with Crippen LogP contribution < -0.4 is 0 Å². The van der Waals surface area contributed by atoms with E-state index in [2.05, 4.69) is 6.92 Å². The van der Waals surface area contributed by atoms with Gasteiger partial charge in [0.05, 0.1) is 5.56 Å². The monoisotopic (exact) mass is 274 g/mol. The lowest BCUT2D eigenvalue weighted by Crippen LogP contribution is -2.18.